The number of hydrogen-bond donors (Lipinski definition) is 1. The molecule has 0 aliphatic heterocycles. The highest BCUT2D eigenvalue weighted by molar-refractivity contribution is 4.50. The van der Waals surface area contributed by atoms with Crippen LogP contribution in [0.1, 0.15) is 122 Å². The van der Waals surface area contributed by atoms with E-state index in [1.165, 1.54) is 109 Å². The molecule has 0 radical (unpaired) electrons. The number of unbranched alkanes of at least 4 members (excludes halogenated alkanes) is 17. The zero-order valence-corrected chi connectivity index (χ0v) is 14.9. The molecule has 0 atom stereocenters. The van der Waals surface area contributed by atoms with E-state index in [2.05, 4.69) is 6.92 Å². The molecule has 1 heteroatoms. The van der Waals surface area contributed by atoms with Crippen LogP contribution in [0.15, 0.2) is 0 Å². The van der Waals surface area contributed by atoms with Crippen LogP contribution in [0.3, 0.4) is 0 Å². The van der Waals surface area contributed by atoms with Crippen molar-refractivity contribution in [3.05, 3.63) is 0 Å². The van der Waals surface area contributed by atoms with E-state index in [0.29, 0.717) is 6.61 Å². The molecule has 0 saturated carbocycles. The lowest BCUT2D eigenvalue weighted by molar-refractivity contribution is 0.282. The van der Waals surface area contributed by atoms with Gasteiger partial charge in [-0.3, -0.25) is 0 Å². The fraction of sp³-hybridized carbons (Fsp3) is 1.00. The molecule has 0 fully saturated rings. The average molecular weight is 299 g/mol. The Morgan fingerprint density at radius 2 is 0.619 bits per heavy atom. The molecular formula is C20H42O. The second kappa shape index (κ2) is 20.0. The monoisotopic (exact) mass is 298 g/mol. The van der Waals surface area contributed by atoms with Crippen molar-refractivity contribution in [2.75, 3.05) is 6.61 Å². The maximum absolute atomic E-state index is 8.69. The molecule has 0 aliphatic carbocycles. The molecule has 0 saturated heterocycles. The van der Waals surface area contributed by atoms with Gasteiger partial charge in [0.2, 0.25) is 0 Å². The third-order valence-electron chi connectivity index (χ3n) is 4.51. The third-order valence-corrected chi connectivity index (χ3v) is 4.51. The van der Waals surface area contributed by atoms with Crippen molar-refractivity contribution in [1.82, 2.24) is 0 Å². The Labute approximate surface area is 134 Å². The number of aliphatic hydroxyl groups is 1. The molecule has 0 amide bonds. The van der Waals surface area contributed by atoms with Crippen LogP contribution in [0.25, 0.3) is 0 Å². The van der Waals surface area contributed by atoms with Crippen LogP contribution >= 0.6 is 0 Å². The van der Waals surface area contributed by atoms with Gasteiger partial charge < -0.3 is 5.11 Å². The molecule has 1 N–H and O–H groups in total. The zero-order chi connectivity index (χ0) is 15.4. The molecule has 0 heterocycles. The first-order valence-corrected chi connectivity index (χ1v) is 10.0. The summed E-state index contributed by atoms with van der Waals surface area (Å²) >= 11 is 0. The minimum absolute atomic E-state index is 0.374. The highest BCUT2D eigenvalue weighted by Gasteiger charge is 1.94. The van der Waals surface area contributed by atoms with E-state index in [4.69, 9.17) is 5.11 Å². The lowest BCUT2D eigenvalue weighted by atomic mass is 10.0. The van der Waals surface area contributed by atoms with Crippen molar-refractivity contribution in [2.24, 2.45) is 0 Å². The van der Waals surface area contributed by atoms with Crippen molar-refractivity contribution in [2.45, 2.75) is 122 Å². The normalized spacial score (nSPS) is 11.1. The maximum atomic E-state index is 8.69. The van der Waals surface area contributed by atoms with Gasteiger partial charge in [-0.05, 0) is 6.42 Å². The summed E-state index contributed by atoms with van der Waals surface area (Å²) in [5, 5.41) is 8.69. The predicted molar refractivity (Wildman–Crippen MR) is 95.9 cm³/mol. The van der Waals surface area contributed by atoms with Gasteiger partial charge in [-0.25, -0.2) is 0 Å². The smallest absolute Gasteiger partial charge is 0.0431 e. The van der Waals surface area contributed by atoms with Crippen molar-refractivity contribution in [3.63, 3.8) is 0 Å². The van der Waals surface area contributed by atoms with E-state index in [-0.39, 0.29) is 0 Å². The summed E-state index contributed by atoms with van der Waals surface area (Å²) in [4.78, 5) is 0. The molecule has 0 aromatic carbocycles. The van der Waals surface area contributed by atoms with Crippen LogP contribution in [0.4, 0.5) is 0 Å². The van der Waals surface area contributed by atoms with Crippen molar-refractivity contribution in [1.29, 1.82) is 0 Å². The summed E-state index contributed by atoms with van der Waals surface area (Å²) in [7, 11) is 0. The average Bonchev–Trinajstić information content (AvgIpc) is 2.50. The molecule has 0 spiro atoms. The fourth-order valence-corrected chi connectivity index (χ4v) is 3.01. The van der Waals surface area contributed by atoms with Gasteiger partial charge in [-0.15, -0.1) is 0 Å². The lowest BCUT2D eigenvalue weighted by Gasteiger charge is -2.03. The molecule has 0 aromatic rings. The van der Waals surface area contributed by atoms with Crippen LogP contribution in [-0.2, 0) is 0 Å². The molecular weight excluding hydrogens is 256 g/mol. The van der Waals surface area contributed by atoms with Gasteiger partial charge in [-0.2, -0.15) is 0 Å². The lowest BCUT2D eigenvalue weighted by Crippen LogP contribution is -1.85. The maximum Gasteiger partial charge on any atom is 0.0431 e. The van der Waals surface area contributed by atoms with Gasteiger partial charge in [0, 0.05) is 6.61 Å². The topological polar surface area (TPSA) is 20.2 Å². The summed E-state index contributed by atoms with van der Waals surface area (Å²) < 4.78 is 0. The molecule has 0 rings (SSSR count). The molecule has 21 heavy (non-hydrogen) atoms. The Balaban J connectivity index is 2.90. The van der Waals surface area contributed by atoms with E-state index in [0.717, 1.165) is 6.42 Å². The van der Waals surface area contributed by atoms with Gasteiger partial charge >= 0.3 is 0 Å². The van der Waals surface area contributed by atoms with E-state index in [1.54, 1.807) is 0 Å². The number of rotatable bonds is 18. The molecule has 0 bridgehead atoms. The van der Waals surface area contributed by atoms with Crippen LogP contribution in [0, 0.1) is 0 Å². The largest absolute Gasteiger partial charge is 0.396 e. The van der Waals surface area contributed by atoms with Crippen LogP contribution in [0.5, 0.6) is 0 Å². The molecule has 1 nitrogen and oxygen atoms in total. The quantitative estimate of drug-likeness (QED) is 0.269. The highest BCUT2D eigenvalue weighted by atomic mass is 16.2. The van der Waals surface area contributed by atoms with E-state index < -0.39 is 0 Å². The van der Waals surface area contributed by atoms with Gasteiger partial charge in [0.25, 0.3) is 0 Å². The Kier molecular flexibility index (Phi) is 19.9. The molecule has 128 valence electrons. The first-order chi connectivity index (χ1) is 10.4. The van der Waals surface area contributed by atoms with Crippen LogP contribution < -0.4 is 0 Å². The summed E-state index contributed by atoms with van der Waals surface area (Å²) in [6, 6.07) is 0. The van der Waals surface area contributed by atoms with Gasteiger partial charge in [-0.1, -0.05) is 116 Å². The summed E-state index contributed by atoms with van der Waals surface area (Å²) in [6.07, 6.45) is 25.1. The van der Waals surface area contributed by atoms with Crippen LogP contribution in [-0.4, -0.2) is 11.7 Å². The van der Waals surface area contributed by atoms with Gasteiger partial charge in [0.05, 0.1) is 0 Å². The summed E-state index contributed by atoms with van der Waals surface area (Å²) in [5.74, 6) is 0. The summed E-state index contributed by atoms with van der Waals surface area (Å²) in [5.41, 5.74) is 0. The van der Waals surface area contributed by atoms with Crippen molar-refractivity contribution >= 4 is 0 Å². The number of aliphatic hydroxyl groups excluding tert-OH is 1. The molecule has 0 aromatic heterocycles. The first kappa shape index (κ1) is 21.0. The zero-order valence-electron chi connectivity index (χ0n) is 14.9. The second-order valence-corrected chi connectivity index (χ2v) is 6.73. The summed E-state index contributed by atoms with van der Waals surface area (Å²) in [6.45, 7) is 2.66. The Morgan fingerprint density at radius 3 is 0.857 bits per heavy atom. The van der Waals surface area contributed by atoms with Gasteiger partial charge in [0.1, 0.15) is 0 Å². The Hall–Kier alpha value is -0.0400. The van der Waals surface area contributed by atoms with Crippen molar-refractivity contribution < 1.29 is 5.11 Å². The van der Waals surface area contributed by atoms with Crippen LogP contribution in [0.2, 0.25) is 0 Å². The highest BCUT2D eigenvalue weighted by Crippen LogP contribution is 2.14. The standard InChI is InChI=1S/C20H42O/c1-2-3-4-5-6-7-8-9-10-11-12-13-14-15-16-17-18-19-20-21/h21H,2-20H2,1H3. The predicted octanol–water partition coefficient (Wildman–Crippen LogP) is 7.02. The SMILES string of the molecule is CCCCCCCCCCCCCCCCCCCCO. The second-order valence-electron chi connectivity index (χ2n) is 6.73. The van der Waals surface area contributed by atoms with E-state index >= 15 is 0 Å². The minimum Gasteiger partial charge on any atom is -0.396 e. The third kappa shape index (κ3) is 20.0. The van der Waals surface area contributed by atoms with Gasteiger partial charge in [0.15, 0.2) is 0 Å². The minimum atomic E-state index is 0.374. The Morgan fingerprint density at radius 1 is 0.381 bits per heavy atom. The molecule has 0 aliphatic rings. The number of hydrogen-bond acceptors (Lipinski definition) is 1. The van der Waals surface area contributed by atoms with Crippen molar-refractivity contribution in [3.8, 4) is 0 Å². The Bertz CT molecular complexity index is 149. The van der Waals surface area contributed by atoms with E-state index in [9.17, 15) is 0 Å². The van der Waals surface area contributed by atoms with E-state index in [1.807, 2.05) is 0 Å². The first-order valence-electron chi connectivity index (χ1n) is 10.0. The molecule has 0 unspecified atom stereocenters. The fourth-order valence-electron chi connectivity index (χ4n) is 3.01.